The summed E-state index contributed by atoms with van der Waals surface area (Å²) < 4.78 is 1.64. The number of carbonyl (C=O) groups is 1. The van der Waals surface area contributed by atoms with E-state index < -0.39 is 0 Å². The lowest BCUT2D eigenvalue weighted by atomic mass is 9.92. The van der Waals surface area contributed by atoms with Gasteiger partial charge >= 0.3 is 0 Å². The highest BCUT2D eigenvalue weighted by molar-refractivity contribution is 5.93. The van der Waals surface area contributed by atoms with Gasteiger partial charge in [0.15, 0.2) is 0 Å². The summed E-state index contributed by atoms with van der Waals surface area (Å²) >= 11 is 0. The highest BCUT2D eigenvalue weighted by atomic mass is 16.2. The van der Waals surface area contributed by atoms with Crippen molar-refractivity contribution in [3.8, 4) is 11.4 Å². The topological polar surface area (TPSA) is 96.8 Å². The number of pyridine rings is 1. The number of aryl methyl sites for hydroxylation is 1. The fraction of sp³-hybridized carbons (Fsp3) is 0.409. The summed E-state index contributed by atoms with van der Waals surface area (Å²) in [6, 6.07) is 8.48. The van der Waals surface area contributed by atoms with E-state index in [1.165, 1.54) is 6.07 Å². The molecular weight excluding hydrogens is 380 g/mol. The Hall–Kier alpha value is -3.29. The van der Waals surface area contributed by atoms with Crippen molar-refractivity contribution < 1.29 is 4.79 Å². The van der Waals surface area contributed by atoms with Crippen LogP contribution in [0.2, 0.25) is 0 Å². The van der Waals surface area contributed by atoms with Gasteiger partial charge in [0.05, 0.1) is 23.1 Å². The first kappa shape index (κ1) is 20.0. The summed E-state index contributed by atoms with van der Waals surface area (Å²) in [6.45, 7) is 6.82. The second kappa shape index (κ2) is 7.51. The number of H-pyrrole nitrogens is 1. The van der Waals surface area contributed by atoms with Crippen LogP contribution >= 0.6 is 0 Å². The maximum Gasteiger partial charge on any atom is 0.272 e. The summed E-state index contributed by atoms with van der Waals surface area (Å²) in [5.74, 6) is 0.390. The third-order valence-corrected chi connectivity index (χ3v) is 5.38. The van der Waals surface area contributed by atoms with Crippen LogP contribution in [0.1, 0.15) is 61.7 Å². The first-order chi connectivity index (χ1) is 14.2. The van der Waals surface area contributed by atoms with Crippen molar-refractivity contribution in [1.29, 1.82) is 0 Å². The van der Waals surface area contributed by atoms with Crippen LogP contribution < -0.4 is 5.56 Å². The van der Waals surface area contributed by atoms with E-state index in [1.54, 1.807) is 22.8 Å². The minimum atomic E-state index is -0.290. The van der Waals surface area contributed by atoms with Crippen LogP contribution in [0.25, 0.3) is 11.4 Å². The predicted molar refractivity (Wildman–Crippen MR) is 113 cm³/mol. The van der Waals surface area contributed by atoms with Gasteiger partial charge in [-0.05, 0) is 31.0 Å². The minimum Gasteiger partial charge on any atom is -0.327 e. The van der Waals surface area contributed by atoms with E-state index >= 15 is 0 Å². The summed E-state index contributed by atoms with van der Waals surface area (Å²) in [5, 5.41) is 4.53. The van der Waals surface area contributed by atoms with Gasteiger partial charge in [0.2, 0.25) is 0 Å². The number of nitrogens with one attached hydrogen (secondary N) is 1. The monoisotopic (exact) mass is 406 g/mol. The smallest absolute Gasteiger partial charge is 0.272 e. The first-order valence-electron chi connectivity index (χ1n) is 10.1. The van der Waals surface area contributed by atoms with Crippen LogP contribution in [0, 0.1) is 0 Å². The molecule has 1 aliphatic heterocycles. The number of nitrogens with zero attached hydrogens (tertiary/aromatic N) is 5. The molecule has 0 spiro atoms. The molecule has 4 heterocycles. The molecule has 1 aliphatic rings. The van der Waals surface area contributed by atoms with Crippen molar-refractivity contribution in [3.05, 3.63) is 64.1 Å². The molecule has 156 valence electrons. The zero-order chi connectivity index (χ0) is 21.5. The van der Waals surface area contributed by atoms with Crippen LogP contribution in [-0.2, 0) is 12.5 Å². The van der Waals surface area contributed by atoms with Gasteiger partial charge < -0.3 is 9.88 Å². The molecule has 1 amide bonds. The lowest BCUT2D eigenvalue weighted by Crippen LogP contribution is -2.33. The second-order valence-corrected chi connectivity index (χ2v) is 8.68. The molecule has 1 unspecified atom stereocenters. The predicted octanol–water partition coefficient (Wildman–Crippen LogP) is 2.84. The number of aromatic nitrogens is 5. The summed E-state index contributed by atoms with van der Waals surface area (Å²) in [7, 11) is 1.79. The van der Waals surface area contributed by atoms with Crippen LogP contribution in [0.4, 0.5) is 0 Å². The number of hydrogen-bond donors (Lipinski definition) is 1. The largest absolute Gasteiger partial charge is 0.327 e. The standard InChI is InChI=1S/C22H26N6O2/c1-22(2,3)18-13-17(27(4)26-18)21(30)28-11-7-9-16(28)20-24-15(12-19(29)25-20)14-8-5-6-10-23-14/h5-6,8,10,12-13,16H,7,9,11H2,1-4H3,(H,24,25,29). The average molecular weight is 406 g/mol. The van der Waals surface area contributed by atoms with E-state index in [1.807, 2.05) is 24.3 Å². The molecule has 0 saturated carbocycles. The number of amides is 1. The third kappa shape index (κ3) is 3.77. The summed E-state index contributed by atoms with van der Waals surface area (Å²) in [6.07, 6.45) is 3.25. The molecule has 0 radical (unpaired) electrons. The highest BCUT2D eigenvalue weighted by Crippen LogP contribution is 2.32. The zero-order valence-electron chi connectivity index (χ0n) is 17.7. The van der Waals surface area contributed by atoms with Gasteiger partial charge in [0, 0.05) is 31.3 Å². The van der Waals surface area contributed by atoms with Crippen molar-refractivity contribution in [2.45, 2.75) is 45.1 Å². The van der Waals surface area contributed by atoms with E-state index in [2.05, 4.69) is 40.8 Å². The molecule has 3 aromatic rings. The molecule has 1 fully saturated rings. The van der Waals surface area contributed by atoms with Crippen LogP contribution in [0.15, 0.2) is 41.3 Å². The summed E-state index contributed by atoms with van der Waals surface area (Å²) in [4.78, 5) is 39.2. The quantitative estimate of drug-likeness (QED) is 0.721. The molecule has 1 saturated heterocycles. The van der Waals surface area contributed by atoms with Crippen molar-refractivity contribution in [3.63, 3.8) is 0 Å². The van der Waals surface area contributed by atoms with Gasteiger partial charge in [0.25, 0.3) is 11.5 Å². The lowest BCUT2D eigenvalue weighted by molar-refractivity contribution is 0.0718. The molecule has 8 nitrogen and oxygen atoms in total. The Bertz CT molecular complexity index is 1130. The van der Waals surface area contributed by atoms with E-state index in [4.69, 9.17) is 0 Å². The Balaban J connectivity index is 1.68. The third-order valence-electron chi connectivity index (χ3n) is 5.38. The minimum absolute atomic E-state index is 0.103. The maximum absolute atomic E-state index is 13.4. The van der Waals surface area contributed by atoms with Crippen LogP contribution in [0.5, 0.6) is 0 Å². The molecule has 4 rings (SSSR count). The Morgan fingerprint density at radius 2 is 2.00 bits per heavy atom. The van der Waals surface area contributed by atoms with Gasteiger partial charge in [-0.25, -0.2) is 4.98 Å². The van der Waals surface area contributed by atoms with E-state index in [9.17, 15) is 9.59 Å². The number of rotatable bonds is 3. The average Bonchev–Trinajstić information content (AvgIpc) is 3.34. The molecule has 30 heavy (non-hydrogen) atoms. The summed E-state index contributed by atoms with van der Waals surface area (Å²) in [5.41, 5.74) is 2.13. The molecule has 1 atom stereocenters. The maximum atomic E-state index is 13.4. The van der Waals surface area contributed by atoms with Crippen molar-refractivity contribution in [1.82, 2.24) is 29.6 Å². The van der Waals surface area contributed by atoms with Gasteiger partial charge in [-0.1, -0.05) is 26.8 Å². The van der Waals surface area contributed by atoms with Crippen LogP contribution in [0.3, 0.4) is 0 Å². The number of likely N-dealkylation sites (tertiary alicyclic amines) is 1. The van der Waals surface area contributed by atoms with Crippen molar-refractivity contribution >= 4 is 5.91 Å². The molecule has 8 heteroatoms. The van der Waals surface area contributed by atoms with Gasteiger partial charge in [-0.2, -0.15) is 5.10 Å². The van der Waals surface area contributed by atoms with Gasteiger partial charge in [-0.15, -0.1) is 0 Å². The molecule has 0 bridgehead atoms. The van der Waals surface area contributed by atoms with E-state index in [-0.39, 0.29) is 22.9 Å². The van der Waals surface area contributed by atoms with Gasteiger partial charge in [-0.3, -0.25) is 19.3 Å². The first-order valence-corrected chi connectivity index (χ1v) is 10.1. The van der Waals surface area contributed by atoms with Gasteiger partial charge in [0.1, 0.15) is 11.5 Å². The fourth-order valence-corrected chi connectivity index (χ4v) is 3.75. The molecule has 1 N–H and O–H groups in total. The fourth-order valence-electron chi connectivity index (χ4n) is 3.75. The Kier molecular flexibility index (Phi) is 5.01. The molecule has 0 aliphatic carbocycles. The SMILES string of the molecule is Cn1nc(C(C)(C)C)cc1C(=O)N1CCCC1c1nc(-c2ccccn2)cc(=O)[nH]1. The van der Waals surface area contributed by atoms with Crippen molar-refractivity contribution in [2.75, 3.05) is 6.54 Å². The molecular formula is C22H26N6O2. The van der Waals surface area contributed by atoms with Crippen LogP contribution in [-0.4, -0.2) is 42.1 Å². The number of hydrogen-bond acceptors (Lipinski definition) is 5. The second-order valence-electron chi connectivity index (χ2n) is 8.68. The zero-order valence-corrected chi connectivity index (χ0v) is 17.7. The Morgan fingerprint density at radius 1 is 1.20 bits per heavy atom. The lowest BCUT2D eigenvalue weighted by Gasteiger charge is -2.24. The number of carbonyl (C=O) groups excluding carboxylic acids is 1. The van der Waals surface area contributed by atoms with E-state index in [0.29, 0.717) is 29.5 Å². The van der Waals surface area contributed by atoms with E-state index in [0.717, 1.165) is 18.5 Å². The molecule has 3 aromatic heterocycles. The Morgan fingerprint density at radius 3 is 2.67 bits per heavy atom. The normalized spacial score (nSPS) is 16.8. The Labute approximate surface area is 175 Å². The van der Waals surface area contributed by atoms with Crippen molar-refractivity contribution in [2.24, 2.45) is 7.05 Å². The number of aromatic amines is 1. The highest BCUT2D eigenvalue weighted by Gasteiger charge is 2.34. The molecule has 0 aromatic carbocycles.